The van der Waals surface area contributed by atoms with E-state index in [9.17, 15) is 14.4 Å². The molecule has 6 nitrogen and oxygen atoms in total. The third-order valence-corrected chi connectivity index (χ3v) is 6.49. The highest BCUT2D eigenvalue weighted by molar-refractivity contribution is 5.95. The van der Waals surface area contributed by atoms with Crippen LogP contribution in [0.4, 0.5) is 0 Å². The first-order chi connectivity index (χ1) is 14.5. The maximum atomic E-state index is 13.3. The number of carbonyl (C=O) groups is 2. The van der Waals surface area contributed by atoms with Crippen LogP contribution in [0.3, 0.4) is 0 Å². The van der Waals surface area contributed by atoms with Crippen LogP contribution in [0.5, 0.6) is 0 Å². The van der Waals surface area contributed by atoms with Gasteiger partial charge in [-0.15, -0.1) is 0 Å². The Balaban J connectivity index is 1.39. The van der Waals surface area contributed by atoms with Gasteiger partial charge in [-0.2, -0.15) is 0 Å². The van der Waals surface area contributed by atoms with Crippen LogP contribution < -0.4 is 5.43 Å². The lowest BCUT2D eigenvalue weighted by Gasteiger charge is -2.39. The summed E-state index contributed by atoms with van der Waals surface area (Å²) in [4.78, 5) is 45.1. The van der Waals surface area contributed by atoms with Gasteiger partial charge in [0, 0.05) is 44.1 Å². The van der Waals surface area contributed by atoms with Crippen molar-refractivity contribution in [3.63, 3.8) is 0 Å². The Bertz CT molecular complexity index is 985. The first-order valence-electron chi connectivity index (χ1n) is 10.8. The topological polar surface area (TPSA) is 73.5 Å². The Kier molecular flexibility index (Phi) is 5.75. The van der Waals surface area contributed by atoms with Crippen molar-refractivity contribution in [1.29, 1.82) is 0 Å². The third-order valence-electron chi connectivity index (χ3n) is 6.49. The fraction of sp³-hybridized carbons (Fsp3) is 0.458. The summed E-state index contributed by atoms with van der Waals surface area (Å²) >= 11 is 0. The lowest BCUT2D eigenvalue weighted by molar-refractivity contribution is -0.145. The quantitative estimate of drug-likeness (QED) is 0.828. The number of pyridine rings is 1. The molecule has 0 saturated carbocycles. The highest BCUT2D eigenvalue weighted by atomic mass is 16.2. The van der Waals surface area contributed by atoms with Gasteiger partial charge >= 0.3 is 0 Å². The fourth-order valence-electron chi connectivity index (χ4n) is 4.82. The average Bonchev–Trinajstić information content (AvgIpc) is 3.17. The number of aromatic nitrogens is 1. The maximum Gasteiger partial charge on any atom is 0.259 e. The molecule has 2 saturated heterocycles. The average molecular weight is 408 g/mol. The second kappa shape index (κ2) is 8.46. The minimum Gasteiger partial charge on any atom is -0.364 e. The molecule has 0 bridgehead atoms. The lowest BCUT2D eigenvalue weighted by atomic mass is 9.78. The molecule has 1 aromatic heterocycles. The molecule has 1 N–H and O–H groups in total. The number of nitrogens with zero attached hydrogens (tertiary/aromatic N) is 2. The minimum absolute atomic E-state index is 0.153. The summed E-state index contributed by atoms with van der Waals surface area (Å²) in [6.07, 6.45) is 5.84. The first kappa shape index (κ1) is 20.4. The molecule has 4 rings (SSSR count). The molecule has 3 heterocycles. The molecule has 2 aliphatic rings. The van der Waals surface area contributed by atoms with Crippen LogP contribution in [0.1, 0.15) is 47.3 Å². The molecular weight excluding hydrogens is 378 g/mol. The Morgan fingerprint density at radius 2 is 1.93 bits per heavy atom. The van der Waals surface area contributed by atoms with E-state index in [1.165, 1.54) is 17.8 Å². The van der Waals surface area contributed by atoms with Crippen LogP contribution in [0.15, 0.2) is 47.4 Å². The fourth-order valence-corrected chi connectivity index (χ4v) is 4.82. The smallest absolute Gasteiger partial charge is 0.259 e. The number of carbonyl (C=O) groups excluding carboxylic acids is 2. The van der Waals surface area contributed by atoms with E-state index in [1.54, 1.807) is 11.8 Å². The lowest BCUT2D eigenvalue weighted by Crippen LogP contribution is -2.50. The van der Waals surface area contributed by atoms with Crippen molar-refractivity contribution in [2.45, 2.75) is 39.0 Å². The monoisotopic (exact) mass is 407 g/mol. The zero-order chi connectivity index (χ0) is 21.1. The maximum absolute atomic E-state index is 13.3. The second-order valence-corrected chi connectivity index (χ2v) is 8.64. The van der Waals surface area contributed by atoms with Gasteiger partial charge in [-0.1, -0.05) is 30.3 Å². The normalized spacial score (nSPS) is 21.4. The van der Waals surface area contributed by atoms with Crippen molar-refractivity contribution in [3.05, 3.63) is 69.6 Å². The SMILES string of the molecule is Cc1cc(=O)c(C(=O)N2CC[C@]3(CCCN(CCCc4ccccc4)C3=O)C2)c[nH]1. The number of amides is 2. The van der Waals surface area contributed by atoms with Gasteiger partial charge in [-0.25, -0.2) is 0 Å². The van der Waals surface area contributed by atoms with Gasteiger partial charge in [0.2, 0.25) is 5.91 Å². The molecule has 2 aromatic rings. The number of aryl methyl sites for hydroxylation is 2. The van der Waals surface area contributed by atoms with Crippen molar-refractivity contribution < 1.29 is 9.59 Å². The Morgan fingerprint density at radius 1 is 1.13 bits per heavy atom. The first-order valence-corrected chi connectivity index (χ1v) is 10.8. The molecule has 0 radical (unpaired) electrons. The number of benzene rings is 1. The number of nitrogens with one attached hydrogen (secondary N) is 1. The Labute approximate surface area is 176 Å². The molecule has 1 atom stereocenters. The number of aromatic amines is 1. The zero-order valence-corrected chi connectivity index (χ0v) is 17.5. The van der Waals surface area contributed by atoms with E-state index in [-0.39, 0.29) is 22.8 Å². The molecule has 0 unspecified atom stereocenters. The number of H-pyrrole nitrogens is 1. The summed E-state index contributed by atoms with van der Waals surface area (Å²) in [5, 5.41) is 0. The summed E-state index contributed by atoms with van der Waals surface area (Å²) in [5.74, 6) is -0.1000. The summed E-state index contributed by atoms with van der Waals surface area (Å²) in [7, 11) is 0. The van der Waals surface area contributed by atoms with E-state index in [0.29, 0.717) is 19.5 Å². The van der Waals surface area contributed by atoms with Crippen LogP contribution in [0, 0.1) is 12.3 Å². The van der Waals surface area contributed by atoms with E-state index in [1.807, 2.05) is 23.1 Å². The van der Waals surface area contributed by atoms with Gasteiger partial charge in [-0.3, -0.25) is 14.4 Å². The van der Waals surface area contributed by atoms with Gasteiger partial charge in [0.1, 0.15) is 5.56 Å². The predicted molar refractivity (Wildman–Crippen MR) is 115 cm³/mol. The van der Waals surface area contributed by atoms with Crippen LogP contribution in [-0.2, 0) is 11.2 Å². The van der Waals surface area contributed by atoms with Gasteiger partial charge in [0.25, 0.3) is 5.91 Å². The number of hydrogen-bond donors (Lipinski definition) is 1. The summed E-state index contributed by atoms with van der Waals surface area (Å²) in [5.41, 5.74) is 1.41. The molecule has 158 valence electrons. The molecule has 2 amide bonds. The van der Waals surface area contributed by atoms with Gasteiger partial charge in [0.15, 0.2) is 5.43 Å². The van der Waals surface area contributed by atoms with Crippen molar-refractivity contribution in [1.82, 2.24) is 14.8 Å². The highest BCUT2D eigenvalue weighted by Gasteiger charge is 2.49. The largest absolute Gasteiger partial charge is 0.364 e. The van der Waals surface area contributed by atoms with Crippen LogP contribution >= 0.6 is 0 Å². The van der Waals surface area contributed by atoms with Crippen molar-refractivity contribution in [2.75, 3.05) is 26.2 Å². The van der Waals surface area contributed by atoms with E-state index in [0.717, 1.165) is 44.5 Å². The van der Waals surface area contributed by atoms with E-state index >= 15 is 0 Å². The zero-order valence-electron chi connectivity index (χ0n) is 17.5. The van der Waals surface area contributed by atoms with Crippen LogP contribution in [0.25, 0.3) is 0 Å². The molecule has 1 spiro atoms. The van der Waals surface area contributed by atoms with Gasteiger partial charge in [-0.05, 0) is 44.6 Å². The molecule has 6 heteroatoms. The number of piperidine rings is 1. The Hall–Kier alpha value is -2.89. The third kappa shape index (κ3) is 4.04. The van der Waals surface area contributed by atoms with Crippen molar-refractivity contribution in [3.8, 4) is 0 Å². The highest BCUT2D eigenvalue weighted by Crippen LogP contribution is 2.40. The molecule has 1 aromatic carbocycles. The van der Waals surface area contributed by atoms with Crippen LogP contribution in [-0.4, -0.2) is 52.8 Å². The van der Waals surface area contributed by atoms with Crippen molar-refractivity contribution >= 4 is 11.8 Å². The minimum atomic E-state index is -0.488. The van der Waals surface area contributed by atoms with Crippen molar-refractivity contribution in [2.24, 2.45) is 5.41 Å². The van der Waals surface area contributed by atoms with Crippen LogP contribution in [0.2, 0.25) is 0 Å². The molecular formula is C24H29N3O3. The summed E-state index contributed by atoms with van der Waals surface area (Å²) in [6.45, 7) is 4.26. The summed E-state index contributed by atoms with van der Waals surface area (Å²) < 4.78 is 0. The van der Waals surface area contributed by atoms with Gasteiger partial charge < -0.3 is 14.8 Å². The Morgan fingerprint density at radius 3 is 2.70 bits per heavy atom. The molecule has 0 aliphatic carbocycles. The van der Waals surface area contributed by atoms with E-state index in [4.69, 9.17) is 0 Å². The second-order valence-electron chi connectivity index (χ2n) is 8.64. The number of likely N-dealkylation sites (tertiary alicyclic amines) is 2. The standard InChI is InChI=1S/C24H29N3O3/c1-18-15-21(28)20(16-25-18)22(29)27-14-11-24(17-27)10-6-13-26(23(24)30)12-5-9-19-7-3-2-4-8-19/h2-4,7-8,15-16H,5-6,9-14,17H2,1H3,(H,25,28)/t24-/m1/s1. The van der Waals surface area contributed by atoms with Gasteiger partial charge in [0.05, 0.1) is 5.41 Å². The molecule has 2 fully saturated rings. The molecule has 30 heavy (non-hydrogen) atoms. The summed E-state index contributed by atoms with van der Waals surface area (Å²) in [6, 6.07) is 11.8. The number of hydrogen-bond acceptors (Lipinski definition) is 3. The van der Waals surface area contributed by atoms with E-state index in [2.05, 4.69) is 17.1 Å². The number of rotatable bonds is 5. The predicted octanol–water partition coefficient (Wildman–Crippen LogP) is 2.77. The molecule has 2 aliphatic heterocycles. The van der Waals surface area contributed by atoms with E-state index < -0.39 is 5.41 Å².